The zero-order valence-corrected chi connectivity index (χ0v) is 9.25. The number of hydrogen-bond donors (Lipinski definition) is 1. The predicted molar refractivity (Wildman–Crippen MR) is 59.0 cm³/mol. The van der Waals surface area contributed by atoms with Crippen molar-refractivity contribution in [2.24, 2.45) is 0 Å². The van der Waals surface area contributed by atoms with Crippen LogP contribution in [0.3, 0.4) is 0 Å². The van der Waals surface area contributed by atoms with E-state index in [1.54, 1.807) is 13.0 Å². The molecule has 0 aliphatic heterocycles. The van der Waals surface area contributed by atoms with E-state index in [0.29, 0.717) is 17.0 Å². The van der Waals surface area contributed by atoms with Crippen LogP contribution >= 0.6 is 0 Å². The summed E-state index contributed by atoms with van der Waals surface area (Å²) >= 11 is 0. The zero-order valence-electron chi connectivity index (χ0n) is 9.25. The number of aryl methyl sites for hydroxylation is 1. The SMILES string of the molecule is Cc1cc(-c2nc3nc(C(=O)O)ccc3o2)on1. The van der Waals surface area contributed by atoms with Gasteiger partial charge in [-0.15, -0.1) is 0 Å². The third-order valence-electron chi connectivity index (χ3n) is 2.31. The summed E-state index contributed by atoms with van der Waals surface area (Å²) < 4.78 is 10.4. The molecule has 3 heterocycles. The highest BCUT2D eigenvalue weighted by atomic mass is 16.5. The zero-order chi connectivity index (χ0) is 12.7. The molecule has 0 aliphatic rings. The minimum Gasteiger partial charge on any atom is -0.477 e. The fourth-order valence-corrected chi connectivity index (χ4v) is 1.51. The van der Waals surface area contributed by atoms with Crippen molar-refractivity contribution < 1.29 is 18.8 Å². The summed E-state index contributed by atoms with van der Waals surface area (Å²) in [5.74, 6) is -0.514. The number of oxazole rings is 1. The Bertz CT molecular complexity index is 744. The molecule has 0 spiro atoms. The fraction of sp³-hybridized carbons (Fsp3) is 0.0909. The molecule has 0 aliphatic carbocycles. The van der Waals surface area contributed by atoms with Crippen LogP contribution in [-0.4, -0.2) is 26.2 Å². The van der Waals surface area contributed by atoms with E-state index >= 15 is 0 Å². The Kier molecular flexibility index (Phi) is 2.12. The van der Waals surface area contributed by atoms with Crippen molar-refractivity contribution in [2.75, 3.05) is 0 Å². The number of fused-ring (bicyclic) bond motifs is 1. The summed E-state index contributed by atoms with van der Waals surface area (Å²) in [6.45, 7) is 1.77. The molecular weight excluding hydrogens is 238 g/mol. The number of aromatic nitrogens is 3. The topological polar surface area (TPSA) is 102 Å². The van der Waals surface area contributed by atoms with Crippen LogP contribution in [0, 0.1) is 6.92 Å². The quantitative estimate of drug-likeness (QED) is 0.735. The molecule has 18 heavy (non-hydrogen) atoms. The molecule has 0 saturated carbocycles. The van der Waals surface area contributed by atoms with E-state index in [-0.39, 0.29) is 17.2 Å². The van der Waals surface area contributed by atoms with Crippen LogP contribution in [0.1, 0.15) is 16.2 Å². The third kappa shape index (κ3) is 1.61. The molecule has 1 N–H and O–H groups in total. The van der Waals surface area contributed by atoms with Gasteiger partial charge in [0.05, 0.1) is 5.69 Å². The lowest BCUT2D eigenvalue weighted by Crippen LogP contribution is -1.99. The molecule has 0 amide bonds. The number of hydrogen-bond acceptors (Lipinski definition) is 6. The summed E-state index contributed by atoms with van der Waals surface area (Å²) in [6.07, 6.45) is 0. The number of carboxylic acid groups (broad SMARTS) is 1. The maximum Gasteiger partial charge on any atom is 0.354 e. The van der Waals surface area contributed by atoms with Crippen molar-refractivity contribution in [1.29, 1.82) is 0 Å². The second-order valence-corrected chi connectivity index (χ2v) is 3.67. The molecule has 0 bridgehead atoms. The Morgan fingerprint density at radius 1 is 1.33 bits per heavy atom. The van der Waals surface area contributed by atoms with Crippen molar-refractivity contribution in [2.45, 2.75) is 6.92 Å². The van der Waals surface area contributed by atoms with E-state index in [4.69, 9.17) is 14.0 Å². The number of nitrogens with zero attached hydrogens (tertiary/aromatic N) is 3. The van der Waals surface area contributed by atoms with Gasteiger partial charge in [0.15, 0.2) is 16.9 Å². The normalized spacial score (nSPS) is 10.9. The highest BCUT2D eigenvalue weighted by molar-refractivity contribution is 5.88. The molecule has 3 aromatic heterocycles. The molecule has 7 nitrogen and oxygen atoms in total. The molecule has 0 fully saturated rings. The van der Waals surface area contributed by atoms with Gasteiger partial charge in [-0.2, -0.15) is 4.98 Å². The Hall–Kier alpha value is -2.70. The number of carbonyl (C=O) groups is 1. The van der Waals surface area contributed by atoms with Gasteiger partial charge in [0, 0.05) is 6.07 Å². The van der Waals surface area contributed by atoms with Crippen LogP contribution in [0.5, 0.6) is 0 Å². The van der Waals surface area contributed by atoms with Gasteiger partial charge in [-0.1, -0.05) is 5.16 Å². The van der Waals surface area contributed by atoms with E-state index in [1.165, 1.54) is 12.1 Å². The summed E-state index contributed by atoms with van der Waals surface area (Å²) in [5, 5.41) is 12.5. The van der Waals surface area contributed by atoms with Gasteiger partial charge < -0.3 is 14.0 Å². The molecule has 0 saturated heterocycles. The van der Waals surface area contributed by atoms with Crippen molar-refractivity contribution in [3.8, 4) is 11.7 Å². The van der Waals surface area contributed by atoms with Gasteiger partial charge in [0.1, 0.15) is 0 Å². The molecule has 90 valence electrons. The van der Waals surface area contributed by atoms with Gasteiger partial charge in [-0.3, -0.25) is 0 Å². The van der Waals surface area contributed by atoms with Crippen LogP contribution in [0.25, 0.3) is 22.9 Å². The van der Waals surface area contributed by atoms with Crippen LogP contribution in [0.4, 0.5) is 0 Å². The van der Waals surface area contributed by atoms with Crippen LogP contribution in [0.2, 0.25) is 0 Å². The number of carboxylic acids is 1. The number of rotatable bonds is 2. The fourth-order valence-electron chi connectivity index (χ4n) is 1.51. The third-order valence-corrected chi connectivity index (χ3v) is 2.31. The average Bonchev–Trinajstić information content (AvgIpc) is 2.93. The first-order chi connectivity index (χ1) is 8.63. The van der Waals surface area contributed by atoms with E-state index in [2.05, 4.69) is 15.1 Å². The van der Waals surface area contributed by atoms with Crippen LogP contribution in [-0.2, 0) is 0 Å². The van der Waals surface area contributed by atoms with Crippen molar-refractivity contribution in [1.82, 2.24) is 15.1 Å². The molecular formula is C11H7N3O4. The first-order valence-corrected chi connectivity index (χ1v) is 5.08. The Morgan fingerprint density at radius 3 is 2.83 bits per heavy atom. The summed E-state index contributed by atoms with van der Waals surface area (Å²) in [6, 6.07) is 4.53. The summed E-state index contributed by atoms with van der Waals surface area (Å²) in [7, 11) is 0. The van der Waals surface area contributed by atoms with Gasteiger partial charge in [0.25, 0.3) is 5.89 Å². The lowest BCUT2D eigenvalue weighted by Gasteiger charge is -1.90. The van der Waals surface area contributed by atoms with E-state index in [1.807, 2.05) is 0 Å². The minimum absolute atomic E-state index is 0.0869. The van der Waals surface area contributed by atoms with Crippen LogP contribution < -0.4 is 0 Å². The van der Waals surface area contributed by atoms with Gasteiger partial charge in [0.2, 0.25) is 5.76 Å². The first kappa shape index (κ1) is 10.5. The van der Waals surface area contributed by atoms with E-state index in [9.17, 15) is 4.79 Å². The highest BCUT2D eigenvalue weighted by Crippen LogP contribution is 2.23. The lowest BCUT2D eigenvalue weighted by molar-refractivity contribution is 0.0691. The van der Waals surface area contributed by atoms with Gasteiger partial charge >= 0.3 is 5.97 Å². The molecule has 0 radical (unpaired) electrons. The largest absolute Gasteiger partial charge is 0.477 e. The molecule has 3 rings (SSSR count). The van der Waals surface area contributed by atoms with Crippen LogP contribution in [0.15, 0.2) is 27.1 Å². The second kappa shape index (κ2) is 3.66. The monoisotopic (exact) mass is 245 g/mol. The molecule has 0 aromatic carbocycles. The van der Waals surface area contributed by atoms with Crippen molar-refractivity contribution >= 4 is 17.2 Å². The van der Waals surface area contributed by atoms with E-state index in [0.717, 1.165) is 0 Å². The van der Waals surface area contributed by atoms with E-state index < -0.39 is 5.97 Å². The Labute approximate surface area is 100 Å². The summed E-state index contributed by atoms with van der Waals surface area (Å²) in [4.78, 5) is 18.7. The Morgan fingerprint density at radius 2 is 2.17 bits per heavy atom. The maximum absolute atomic E-state index is 10.8. The molecule has 7 heteroatoms. The molecule has 3 aromatic rings. The smallest absolute Gasteiger partial charge is 0.354 e. The number of pyridine rings is 1. The average molecular weight is 245 g/mol. The molecule has 0 atom stereocenters. The standard InChI is InChI=1S/C11H7N3O4/c1-5-4-8(18-14-5)10-13-9-7(17-10)3-2-6(12-9)11(15)16/h2-4H,1H3,(H,15,16). The maximum atomic E-state index is 10.8. The minimum atomic E-state index is -1.11. The first-order valence-electron chi connectivity index (χ1n) is 5.08. The highest BCUT2D eigenvalue weighted by Gasteiger charge is 2.15. The lowest BCUT2D eigenvalue weighted by atomic mass is 10.3. The second-order valence-electron chi connectivity index (χ2n) is 3.67. The van der Waals surface area contributed by atoms with Gasteiger partial charge in [-0.25, -0.2) is 9.78 Å². The predicted octanol–water partition coefficient (Wildman–Crippen LogP) is 1.88. The number of aromatic carboxylic acids is 1. The summed E-state index contributed by atoms with van der Waals surface area (Å²) in [5.41, 5.74) is 1.23. The van der Waals surface area contributed by atoms with Gasteiger partial charge in [-0.05, 0) is 19.1 Å². The Balaban J connectivity index is 2.13. The van der Waals surface area contributed by atoms with Crippen molar-refractivity contribution in [3.05, 3.63) is 29.6 Å². The molecule has 0 unspecified atom stereocenters. The van der Waals surface area contributed by atoms with Crippen molar-refractivity contribution in [3.63, 3.8) is 0 Å².